The number of carbonyl (C=O) groups excluding carboxylic acids is 1. The second-order valence-electron chi connectivity index (χ2n) is 4.55. The zero-order chi connectivity index (χ0) is 15.2. The first kappa shape index (κ1) is 14.9. The maximum atomic E-state index is 11.9. The molecule has 0 saturated heterocycles. The maximum absolute atomic E-state index is 11.9. The molecule has 0 aliphatic heterocycles. The Labute approximate surface area is 128 Å². The van der Waals surface area contributed by atoms with Gasteiger partial charge in [-0.15, -0.1) is 0 Å². The molecule has 5 heteroatoms. The smallest absolute Gasteiger partial charge is 0.271 e. The van der Waals surface area contributed by atoms with Gasteiger partial charge < -0.3 is 5.73 Å². The molecule has 2 aromatic rings. The monoisotopic (exact) mass is 297 g/mol. The summed E-state index contributed by atoms with van der Waals surface area (Å²) < 4.78 is 0. The number of hydrazone groups is 1. The Balaban J connectivity index is 2.02. The van der Waals surface area contributed by atoms with Crippen molar-refractivity contribution in [2.24, 2.45) is 10.8 Å². The van der Waals surface area contributed by atoms with Gasteiger partial charge >= 0.3 is 0 Å². The standard InChI is InChI=1S/C16H15N3OS/c1-11-5-7-13(8-6-11)16(20)19-18-10-12-3-2-4-14(9-12)15(17)21/h2-10H,1H3,(H2,17,21)(H,19,20). The number of amides is 1. The number of aryl methyl sites for hydroxylation is 1. The van der Waals surface area contributed by atoms with Crippen LogP contribution in [0.15, 0.2) is 53.6 Å². The number of benzene rings is 2. The summed E-state index contributed by atoms with van der Waals surface area (Å²) in [7, 11) is 0. The van der Waals surface area contributed by atoms with E-state index in [0.717, 1.165) is 16.7 Å². The molecule has 0 aliphatic rings. The molecule has 0 spiro atoms. The number of nitrogens with zero attached hydrogens (tertiary/aromatic N) is 1. The SMILES string of the molecule is Cc1ccc(C(=O)NN=Cc2cccc(C(N)=S)c2)cc1. The van der Waals surface area contributed by atoms with Crippen LogP contribution >= 0.6 is 12.2 Å². The molecular weight excluding hydrogens is 282 g/mol. The molecular formula is C16H15N3OS. The highest BCUT2D eigenvalue weighted by atomic mass is 32.1. The van der Waals surface area contributed by atoms with E-state index in [1.54, 1.807) is 18.3 Å². The van der Waals surface area contributed by atoms with Gasteiger partial charge in [-0.3, -0.25) is 4.79 Å². The third kappa shape index (κ3) is 4.22. The van der Waals surface area contributed by atoms with Crippen LogP contribution in [0.5, 0.6) is 0 Å². The average Bonchev–Trinajstić information content (AvgIpc) is 2.48. The molecule has 21 heavy (non-hydrogen) atoms. The van der Waals surface area contributed by atoms with E-state index in [2.05, 4.69) is 10.5 Å². The lowest BCUT2D eigenvalue weighted by atomic mass is 10.1. The number of nitrogens with one attached hydrogen (secondary N) is 1. The van der Waals surface area contributed by atoms with E-state index in [4.69, 9.17) is 18.0 Å². The van der Waals surface area contributed by atoms with Crippen molar-refractivity contribution in [3.8, 4) is 0 Å². The Morgan fingerprint density at radius 2 is 1.90 bits per heavy atom. The van der Waals surface area contributed by atoms with Crippen LogP contribution in [0, 0.1) is 6.92 Å². The van der Waals surface area contributed by atoms with E-state index in [0.29, 0.717) is 10.6 Å². The fourth-order valence-electron chi connectivity index (χ4n) is 1.71. The van der Waals surface area contributed by atoms with E-state index < -0.39 is 0 Å². The summed E-state index contributed by atoms with van der Waals surface area (Å²) in [5.41, 5.74) is 11.3. The second-order valence-corrected chi connectivity index (χ2v) is 4.99. The molecule has 0 fully saturated rings. The molecule has 0 radical (unpaired) electrons. The van der Waals surface area contributed by atoms with Gasteiger partial charge in [-0.25, -0.2) is 5.43 Å². The molecule has 2 rings (SSSR count). The first-order valence-corrected chi connectivity index (χ1v) is 6.77. The van der Waals surface area contributed by atoms with E-state index in [1.807, 2.05) is 43.3 Å². The summed E-state index contributed by atoms with van der Waals surface area (Å²) in [6.07, 6.45) is 1.55. The Hall–Kier alpha value is -2.53. The molecule has 0 unspecified atom stereocenters. The molecule has 0 heterocycles. The number of nitrogens with two attached hydrogens (primary N) is 1. The largest absolute Gasteiger partial charge is 0.389 e. The number of hydrogen-bond acceptors (Lipinski definition) is 3. The lowest BCUT2D eigenvalue weighted by molar-refractivity contribution is 0.0955. The number of hydrogen-bond donors (Lipinski definition) is 2. The van der Waals surface area contributed by atoms with Crippen LogP contribution < -0.4 is 11.2 Å². The molecule has 3 N–H and O–H groups in total. The van der Waals surface area contributed by atoms with Crippen molar-refractivity contribution in [2.75, 3.05) is 0 Å². The van der Waals surface area contributed by atoms with E-state index in [-0.39, 0.29) is 5.91 Å². The van der Waals surface area contributed by atoms with Crippen molar-refractivity contribution < 1.29 is 4.79 Å². The van der Waals surface area contributed by atoms with Crippen LogP contribution in [0.1, 0.15) is 27.0 Å². The molecule has 0 atom stereocenters. The van der Waals surface area contributed by atoms with Gasteiger partial charge in [0.15, 0.2) is 0 Å². The maximum Gasteiger partial charge on any atom is 0.271 e. The van der Waals surface area contributed by atoms with Crippen LogP contribution in [-0.2, 0) is 0 Å². The lowest BCUT2D eigenvalue weighted by Gasteiger charge is -2.01. The summed E-state index contributed by atoms with van der Waals surface area (Å²) in [6.45, 7) is 1.97. The Morgan fingerprint density at radius 3 is 2.57 bits per heavy atom. The van der Waals surface area contributed by atoms with Crippen LogP contribution in [0.25, 0.3) is 0 Å². The van der Waals surface area contributed by atoms with Crippen molar-refractivity contribution in [2.45, 2.75) is 6.92 Å². The highest BCUT2D eigenvalue weighted by molar-refractivity contribution is 7.80. The van der Waals surface area contributed by atoms with E-state index in [1.165, 1.54) is 0 Å². The minimum atomic E-state index is -0.253. The number of thiocarbonyl (C=S) groups is 1. The van der Waals surface area contributed by atoms with Gasteiger partial charge in [0.2, 0.25) is 0 Å². The van der Waals surface area contributed by atoms with Gasteiger partial charge in [-0.1, -0.05) is 48.1 Å². The summed E-state index contributed by atoms with van der Waals surface area (Å²) in [5.74, 6) is -0.253. The van der Waals surface area contributed by atoms with Gasteiger partial charge in [-0.2, -0.15) is 5.10 Å². The topological polar surface area (TPSA) is 67.5 Å². The van der Waals surface area contributed by atoms with Crippen LogP contribution in [0.3, 0.4) is 0 Å². The first-order valence-electron chi connectivity index (χ1n) is 6.36. The summed E-state index contributed by atoms with van der Waals surface area (Å²) in [6, 6.07) is 14.6. The van der Waals surface area contributed by atoms with Gasteiger partial charge in [0.05, 0.1) is 6.21 Å². The summed E-state index contributed by atoms with van der Waals surface area (Å²) >= 11 is 4.91. The average molecular weight is 297 g/mol. The highest BCUT2D eigenvalue weighted by Gasteiger charge is 2.02. The molecule has 106 valence electrons. The molecule has 0 bridgehead atoms. The fourth-order valence-corrected chi connectivity index (χ4v) is 1.83. The van der Waals surface area contributed by atoms with Crippen LogP contribution in [0.4, 0.5) is 0 Å². The van der Waals surface area contributed by atoms with Crippen molar-refractivity contribution >= 4 is 29.3 Å². The zero-order valence-electron chi connectivity index (χ0n) is 11.5. The predicted octanol–water partition coefficient (Wildman–Crippen LogP) is 2.39. The normalized spacial score (nSPS) is 10.5. The summed E-state index contributed by atoms with van der Waals surface area (Å²) in [5, 5.41) is 3.93. The summed E-state index contributed by atoms with van der Waals surface area (Å²) in [4.78, 5) is 12.2. The Morgan fingerprint density at radius 1 is 1.19 bits per heavy atom. The minimum Gasteiger partial charge on any atom is -0.389 e. The van der Waals surface area contributed by atoms with E-state index in [9.17, 15) is 4.79 Å². The Kier molecular flexibility index (Phi) is 4.79. The quantitative estimate of drug-likeness (QED) is 0.517. The molecule has 2 aromatic carbocycles. The third-order valence-corrected chi connectivity index (χ3v) is 3.10. The predicted molar refractivity (Wildman–Crippen MR) is 88.6 cm³/mol. The first-order chi connectivity index (χ1) is 10.1. The molecule has 1 amide bonds. The van der Waals surface area contributed by atoms with Crippen molar-refractivity contribution in [3.05, 3.63) is 70.8 Å². The van der Waals surface area contributed by atoms with Crippen molar-refractivity contribution in [1.29, 1.82) is 0 Å². The van der Waals surface area contributed by atoms with Gasteiger partial charge in [0.25, 0.3) is 5.91 Å². The number of rotatable bonds is 4. The number of carbonyl (C=O) groups is 1. The Bertz CT molecular complexity index is 693. The zero-order valence-corrected chi connectivity index (χ0v) is 12.4. The van der Waals surface area contributed by atoms with Crippen LogP contribution in [-0.4, -0.2) is 17.1 Å². The minimum absolute atomic E-state index is 0.253. The van der Waals surface area contributed by atoms with Crippen molar-refractivity contribution in [1.82, 2.24) is 5.43 Å². The molecule has 0 saturated carbocycles. The van der Waals surface area contributed by atoms with Gasteiger partial charge in [0, 0.05) is 11.1 Å². The third-order valence-electron chi connectivity index (χ3n) is 2.86. The van der Waals surface area contributed by atoms with E-state index >= 15 is 0 Å². The van der Waals surface area contributed by atoms with Gasteiger partial charge in [-0.05, 0) is 30.7 Å². The molecule has 4 nitrogen and oxygen atoms in total. The molecule has 0 aromatic heterocycles. The fraction of sp³-hybridized carbons (Fsp3) is 0.0625. The molecule has 0 aliphatic carbocycles. The second kappa shape index (κ2) is 6.76. The van der Waals surface area contributed by atoms with Crippen molar-refractivity contribution in [3.63, 3.8) is 0 Å². The highest BCUT2D eigenvalue weighted by Crippen LogP contribution is 2.04. The van der Waals surface area contributed by atoms with Gasteiger partial charge in [0.1, 0.15) is 4.99 Å². The lowest BCUT2D eigenvalue weighted by Crippen LogP contribution is -2.17. The van der Waals surface area contributed by atoms with Crippen LogP contribution in [0.2, 0.25) is 0 Å².